The molecule has 4 heterocycles. The van der Waals surface area contributed by atoms with Crippen molar-refractivity contribution in [1.82, 2.24) is 20.5 Å². The Balaban J connectivity index is 0.807. The third kappa shape index (κ3) is 14.2. The molecule has 18 heteroatoms. The molecule has 0 aliphatic carbocycles. The number of carbonyl (C=O) groups excluding carboxylic acids is 6. The molecule has 73 heavy (non-hydrogen) atoms. The van der Waals surface area contributed by atoms with Gasteiger partial charge in [0.25, 0.3) is 0 Å². The summed E-state index contributed by atoms with van der Waals surface area (Å²) >= 11 is 1.57. The molecule has 3 aromatic carbocycles. The Kier molecular flexibility index (Phi) is 18.7. The van der Waals surface area contributed by atoms with Crippen molar-refractivity contribution in [1.29, 1.82) is 0 Å². The van der Waals surface area contributed by atoms with Gasteiger partial charge in [-0.15, -0.1) is 11.3 Å². The summed E-state index contributed by atoms with van der Waals surface area (Å²) in [7, 11) is 0. The van der Waals surface area contributed by atoms with E-state index in [1.165, 1.54) is 4.90 Å². The number of aliphatic hydroxyl groups is 1. The Morgan fingerprint density at radius 3 is 2.33 bits per heavy atom. The van der Waals surface area contributed by atoms with Crippen molar-refractivity contribution >= 4 is 52.3 Å². The molecular weight excluding hydrogens is 951 g/mol. The molecular formula is C55H71N7O10S. The molecule has 7 atom stereocenters. The van der Waals surface area contributed by atoms with Crippen LogP contribution in [0.2, 0.25) is 0 Å². The number of hydrogen-bond donors (Lipinski definition) is 5. The fourth-order valence-corrected chi connectivity index (χ4v) is 10.7. The molecule has 392 valence electrons. The second-order valence-corrected chi connectivity index (χ2v) is 21.5. The van der Waals surface area contributed by atoms with E-state index >= 15 is 0 Å². The number of thiazole rings is 1. The minimum Gasteiger partial charge on any atom is -0.391 e. The summed E-state index contributed by atoms with van der Waals surface area (Å²) in [5, 5.41) is 16.3. The number of β-amino-alcohol motifs (C(OH)–C–C–N with tert-alkyl or cyclic N) is 1. The molecule has 7 N–H and O–H groups in total. The van der Waals surface area contributed by atoms with E-state index in [-0.39, 0.29) is 88.4 Å². The Hall–Kier alpha value is -5.89. The van der Waals surface area contributed by atoms with Crippen molar-refractivity contribution in [2.24, 2.45) is 22.8 Å². The maximum Gasteiger partial charge on any atom is 0.246 e. The summed E-state index contributed by atoms with van der Waals surface area (Å²) in [4.78, 5) is 88.2. The number of aryl methyl sites for hydroxylation is 2. The van der Waals surface area contributed by atoms with Gasteiger partial charge < -0.3 is 46.3 Å². The quantitative estimate of drug-likeness (QED) is 0.0611. The Morgan fingerprint density at radius 2 is 1.63 bits per heavy atom. The van der Waals surface area contributed by atoms with Crippen molar-refractivity contribution in [3.8, 4) is 10.4 Å². The highest BCUT2D eigenvalue weighted by atomic mass is 32.1. The molecule has 1 fully saturated rings. The van der Waals surface area contributed by atoms with E-state index in [1.54, 1.807) is 16.2 Å². The highest BCUT2D eigenvalue weighted by Gasteiger charge is 2.45. The monoisotopic (exact) mass is 1020 g/mol. The van der Waals surface area contributed by atoms with Crippen LogP contribution in [0.4, 0.5) is 5.69 Å². The second kappa shape index (κ2) is 24.9. The normalized spacial score (nSPS) is 19.7. The first-order chi connectivity index (χ1) is 34.9. The predicted octanol–water partition coefficient (Wildman–Crippen LogP) is 4.48. The van der Waals surface area contributed by atoms with Crippen LogP contribution >= 0.6 is 11.3 Å². The van der Waals surface area contributed by atoms with Gasteiger partial charge in [-0.05, 0) is 84.2 Å². The van der Waals surface area contributed by atoms with Crippen LogP contribution < -0.4 is 27.0 Å². The largest absolute Gasteiger partial charge is 0.391 e. The van der Waals surface area contributed by atoms with Crippen molar-refractivity contribution in [2.45, 2.75) is 136 Å². The van der Waals surface area contributed by atoms with Gasteiger partial charge in [0.05, 0.1) is 72.5 Å². The van der Waals surface area contributed by atoms with Gasteiger partial charge in [0, 0.05) is 38.8 Å². The standard InChI is InChI=1S/C55H71N7O10S/c1-33-50(73-32-59-33)39-15-13-36(14-16-39)28-58-52(67)45-27-42(63)29-61(45)54(69)51(55(3,4)5)60-48(66)31-71-24-23-70-22-21-35-9-11-37(12-10-35)30-72-34(2)40(18-20-47(57)65)26-46(64)44-25-41-8-6-7-38-17-19-43(56)53(68)62(44)49(38)41/h6-16,32,34,40,42-45,51,63H,17-31,56H2,1-5H3,(H2,57,65)(H,58,67)(H,60,66)/t34-,40-,42-,43+,44+,45+,51-/m1/s1. The Bertz CT molecular complexity index is 2580. The number of aliphatic hydroxyl groups excluding tert-OH is 1. The van der Waals surface area contributed by atoms with Gasteiger partial charge >= 0.3 is 0 Å². The number of nitrogens with two attached hydrogens (primary N) is 2. The summed E-state index contributed by atoms with van der Waals surface area (Å²) in [6.45, 7) is 10.3. The van der Waals surface area contributed by atoms with Crippen LogP contribution in [-0.2, 0) is 75.4 Å². The predicted molar refractivity (Wildman–Crippen MR) is 277 cm³/mol. The number of nitrogens with one attached hydrogen (secondary N) is 2. The minimum atomic E-state index is -0.982. The summed E-state index contributed by atoms with van der Waals surface area (Å²) in [6, 6.07) is 18.5. The minimum absolute atomic E-state index is 0.0286. The van der Waals surface area contributed by atoms with Gasteiger partial charge in [0.15, 0.2) is 5.78 Å². The molecule has 0 bridgehead atoms. The number of hydrogen-bond acceptors (Lipinski definition) is 13. The lowest BCUT2D eigenvalue weighted by molar-refractivity contribution is -0.144. The number of likely N-dealkylation sites (tertiary alicyclic amines) is 1. The number of ether oxygens (including phenoxy) is 3. The maximum atomic E-state index is 14.0. The smallest absolute Gasteiger partial charge is 0.246 e. The molecule has 4 aromatic rings. The number of nitrogens with zero attached hydrogens (tertiary/aromatic N) is 3. The third-order valence-corrected chi connectivity index (χ3v) is 15.1. The first kappa shape index (κ1) is 54.9. The molecule has 0 saturated carbocycles. The van der Waals surface area contributed by atoms with E-state index in [4.69, 9.17) is 25.7 Å². The summed E-state index contributed by atoms with van der Waals surface area (Å²) in [5.74, 6) is -2.41. The Morgan fingerprint density at radius 1 is 0.932 bits per heavy atom. The summed E-state index contributed by atoms with van der Waals surface area (Å²) in [6.07, 6.45) is 1.68. The van der Waals surface area contributed by atoms with Crippen LogP contribution in [0.15, 0.2) is 72.2 Å². The van der Waals surface area contributed by atoms with Gasteiger partial charge in [0.1, 0.15) is 18.7 Å². The molecule has 0 radical (unpaired) electrons. The molecule has 17 nitrogen and oxygen atoms in total. The third-order valence-electron chi connectivity index (χ3n) is 14.1. The van der Waals surface area contributed by atoms with E-state index < -0.39 is 53.4 Å². The van der Waals surface area contributed by atoms with E-state index in [9.17, 15) is 33.9 Å². The van der Waals surface area contributed by atoms with Gasteiger partial charge in [-0.3, -0.25) is 33.7 Å². The fraction of sp³-hybridized carbons (Fsp3) is 0.509. The number of Topliss-reactive ketones (excluding diaryl/α,β-unsaturated/α-hetero) is 1. The van der Waals surface area contributed by atoms with Crippen LogP contribution in [0.1, 0.15) is 93.3 Å². The zero-order valence-electron chi connectivity index (χ0n) is 42.6. The SMILES string of the molecule is Cc1ncsc1-c1ccc(CNC(=O)[C@@H]2C[C@@H](O)CN2C(=O)[C@@H](NC(=O)COCCOCCc2ccc(CO[C@H](C)[C@H](CCC(N)=O)CC(=O)[C@@H]3Cc4cccc5c4N3C(=O)[C@@H](N)CC5)cc2)C(C)(C)C)cc1. The van der Waals surface area contributed by atoms with Gasteiger partial charge in [0.2, 0.25) is 29.5 Å². The average molecular weight is 1020 g/mol. The van der Waals surface area contributed by atoms with Gasteiger partial charge in [-0.2, -0.15) is 0 Å². The number of benzene rings is 3. The number of rotatable bonds is 24. The fourth-order valence-electron chi connectivity index (χ4n) is 9.86. The number of primary amides is 1. The number of amides is 5. The number of anilines is 1. The molecule has 3 aliphatic rings. The lowest BCUT2D eigenvalue weighted by Crippen LogP contribution is -2.58. The van der Waals surface area contributed by atoms with Crippen LogP contribution in [0.3, 0.4) is 0 Å². The van der Waals surface area contributed by atoms with Crippen molar-refractivity contribution in [3.63, 3.8) is 0 Å². The van der Waals surface area contributed by atoms with E-state index in [1.807, 2.05) is 107 Å². The average Bonchev–Trinajstić information content (AvgIpc) is 4.08. The lowest BCUT2D eigenvalue weighted by Gasteiger charge is -2.35. The van der Waals surface area contributed by atoms with Crippen LogP contribution in [0.25, 0.3) is 10.4 Å². The number of ketones is 1. The van der Waals surface area contributed by atoms with Crippen LogP contribution in [-0.4, -0.2) is 120 Å². The molecule has 5 amide bonds. The van der Waals surface area contributed by atoms with E-state index in [2.05, 4.69) is 15.6 Å². The van der Waals surface area contributed by atoms with E-state index in [0.717, 1.165) is 49.6 Å². The highest BCUT2D eigenvalue weighted by Crippen LogP contribution is 2.40. The molecule has 0 unspecified atom stereocenters. The first-order valence-corrected chi connectivity index (χ1v) is 26.2. The first-order valence-electron chi connectivity index (χ1n) is 25.3. The Labute approximate surface area is 431 Å². The topological polar surface area (TPSA) is 246 Å². The molecule has 7 rings (SSSR count). The van der Waals surface area contributed by atoms with Crippen LogP contribution in [0, 0.1) is 18.3 Å². The zero-order valence-corrected chi connectivity index (χ0v) is 43.4. The van der Waals surface area contributed by atoms with Gasteiger partial charge in [-0.25, -0.2) is 4.98 Å². The van der Waals surface area contributed by atoms with Gasteiger partial charge in [-0.1, -0.05) is 87.5 Å². The zero-order chi connectivity index (χ0) is 52.4. The summed E-state index contributed by atoms with van der Waals surface area (Å²) < 4.78 is 17.7. The summed E-state index contributed by atoms with van der Waals surface area (Å²) in [5.41, 5.74) is 20.6. The number of aromatic nitrogens is 1. The molecule has 1 saturated heterocycles. The van der Waals surface area contributed by atoms with Crippen molar-refractivity contribution in [2.75, 3.05) is 37.9 Å². The van der Waals surface area contributed by atoms with Crippen molar-refractivity contribution in [3.05, 3.63) is 106 Å². The lowest BCUT2D eigenvalue weighted by atomic mass is 9.85. The number of carbonyl (C=O) groups is 6. The maximum absolute atomic E-state index is 14.0. The van der Waals surface area contributed by atoms with E-state index in [0.29, 0.717) is 38.7 Å². The second-order valence-electron chi connectivity index (χ2n) is 20.6. The van der Waals surface area contributed by atoms with Crippen LogP contribution in [0.5, 0.6) is 0 Å². The molecule has 1 aromatic heterocycles. The molecule has 0 spiro atoms. The highest BCUT2D eigenvalue weighted by molar-refractivity contribution is 7.13. The van der Waals surface area contributed by atoms with Crippen molar-refractivity contribution < 1.29 is 48.1 Å². The molecule has 3 aliphatic heterocycles. The number of para-hydroxylation sites is 1.